The first kappa shape index (κ1) is 12.4. The van der Waals surface area contributed by atoms with Crippen molar-refractivity contribution in [3.8, 4) is 11.3 Å². The zero-order valence-electron chi connectivity index (χ0n) is 10.2. The Kier molecular flexibility index (Phi) is 3.48. The SMILES string of the molecule is Cc1ccc(-c2ccc(C(N)CC(N)=O)cc2)o1. The topological polar surface area (TPSA) is 82.2 Å². The second-order valence-corrected chi connectivity index (χ2v) is 4.31. The lowest BCUT2D eigenvalue weighted by Gasteiger charge is -2.10. The first-order valence-electron chi connectivity index (χ1n) is 5.77. The normalized spacial score (nSPS) is 12.3. The highest BCUT2D eigenvalue weighted by Crippen LogP contribution is 2.24. The van der Waals surface area contributed by atoms with Crippen LogP contribution in [0.2, 0.25) is 0 Å². The molecular formula is C14H16N2O2. The predicted octanol–water partition coefficient (Wildman–Crippen LogP) is 2.13. The van der Waals surface area contributed by atoms with Gasteiger partial charge in [-0.3, -0.25) is 4.79 Å². The van der Waals surface area contributed by atoms with E-state index < -0.39 is 5.91 Å². The summed E-state index contributed by atoms with van der Waals surface area (Å²) in [6.07, 6.45) is 0.152. The van der Waals surface area contributed by atoms with Crippen LogP contribution >= 0.6 is 0 Å². The molecule has 2 rings (SSSR count). The van der Waals surface area contributed by atoms with Crippen LogP contribution in [-0.2, 0) is 4.79 Å². The number of aryl methyl sites for hydroxylation is 1. The molecule has 1 unspecified atom stereocenters. The molecule has 0 radical (unpaired) electrons. The second-order valence-electron chi connectivity index (χ2n) is 4.31. The molecule has 1 heterocycles. The Morgan fingerprint density at radius 1 is 1.22 bits per heavy atom. The monoisotopic (exact) mass is 244 g/mol. The van der Waals surface area contributed by atoms with Gasteiger partial charge in [0.2, 0.25) is 5.91 Å². The number of benzene rings is 1. The summed E-state index contributed by atoms with van der Waals surface area (Å²) in [6, 6.07) is 11.1. The highest BCUT2D eigenvalue weighted by atomic mass is 16.3. The fourth-order valence-corrected chi connectivity index (χ4v) is 1.82. The average Bonchev–Trinajstić information content (AvgIpc) is 2.75. The highest BCUT2D eigenvalue weighted by molar-refractivity contribution is 5.74. The molecule has 2 aromatic rings. The van der Waals surface area contributed by atoms with Crippen LogP contribution in [-0.4, -0.2) is 5.91 Å². The van der Waals surface area contributed by atoms with Crippen molar-refractivity contribution in [1.82, 2.24) is 0 Å². The van der Waals surface area contributed by atoms with Crippen molar-refractivity contribution in [2.45, 2.75) is 19.4 Å². The van der Waals surface area contributed by atoms with Gasteiger partial charge >= 0.3 is 0 Å². The smallest absolute Gasteiger partial charge is 0.219 e. The fourth-order valence-electron chi connectivity index (χ4n) is 1.82. The molecule has 1 atom stereocenters. The lowest BCUT2D eigenvalue weighted by molar-refractivity contribution is -0.118. The summed E-state index contributed by atoms with van der Waals surface area (Å²) in [4.78, 5) is 10.8. The number of nitrogens with two attached hydrogens (primary N) is 2. The van der Waals surface area contributed by atoms with Crippen molar-refractivity contribution in [3.05, 3.63) is 47.7 Å². The van der Waals surface area contributed by atoms with Gasteiger partial charge in [0.1, 0.15) is 11.5 Å². The Bertz CT molecular complexity index is 543. The molecule has 0 fully saturated rings. The Hall–Kier alpha value is -2.07. The van der Waals surface area contributed by atoms with Crippen molar-refractivity contribution in [2.24, 2.45) is 11.5 Å². The van der Waals surface area contributed by atoms with Crippen molar-refractivity contribution in [2.75, 3.05) is 0 Å². The molecule has 0 aliphatic heterocycles. The molecule has 0 saturated carbocycles. The third-order valence-corrected chi connectivity index (χ3v) is 2.78. The molecule has 0 bridgehead atoms. The van der Waals surface area contributed by atoms with Gasteiger partial charge in [0, 0.05) is 18.0 Å². The fraction of sp³-hybridized carbons (Fsp3) is 0.214. The standard InChI is InChI=1S/C14H16N2O2/c1-9-2-7-13(18-9)11-5-3-10(4-6-11)12(15)8-14(16)17/h2-7,12H,8,15H2,1H3,(H2,16,17). The summed E-state index contributed by atoms with van der Waals surface area (Å²) in [5.74, 6) is 1.30. The van der Waals surface area contributed by atoms with Crippen molar-refractivity contribution < 1.29 is 9.21 Å². The third kappa shape index (κ3) is 2.78. The molecule has 4 heteroatoms. The van der Waals surface area contributed by atoms with E-state index in [0.717, 1.165) is 22.6 Å². The minimum absolute atomic E-state index is 0.152. The summed E-state index contributed by atoms with van der Waals surface area (Å²) in [7, 11) is 0. The van der Waals surface area contributed by atoms with Gasteiger partial charge in [-0.15, -0.1) is 0 Å². The molecule has 1 aromatic carbocycles. The van der Waals surface area contributed by atoms with Crippen molar-refractivity contribution >= 4 is 5.91 Å². The highest BCUT2D eigenvalue weighted by Gasteiger charge is 2.10. The van der Waals surface area contributed by atoms with E-state index in [9.17, 15) is 4.79 Å². The molecule has 0 aliphatic rings. The van der Waals surface area contributed by atoms with Crippen LogP contribution in [0.25, 0.3) is 11.3 Å². The molecule has 1 amide bonds. The Morgan fingerprint density at radius 3 is 2.39 bits per heavy atom. The van der Waals surface area contributed by atoms with E-state index in [1.54, 1.807) is 0 Å². The van der Waals surface area contributed by atoms with E-state index in [1.807, 2.05) is 43.3 Å². The zero-order chi connectivity index (χ0) is 13.1. The zero-order valence-corrected chi connectivity index (χ0v) is 10.2. The van der Waals surface area contributed by atoms with E-state index in [4.69, 9.17) is 15.9 Å². The Morgan fingerprint density at radius 2 is 1.89 bits per heavy atom. The van der Waals surface area contributed by atoms with E-state index in [1.165, 1.54) is 0 Å². The van der Waals surface area contributed by atoms with E-state index in [0.29, 0.717) is 0 Å². The van der Waals surface area contributed by atoms with Gasteiger partial charge in [-0.1, -0.05) is 24.3 Å². The van der Waals surface area contributed by atoms with Gasteiger partial charge in [0.25, 0.3) is 0 Å². The summed E-state index contributed by atoms with van der Waals surface area (Å²) in [5, 5.41) is 0. The number of hydrogen-bond donors (Lipinski definition) is 2. The molecule has 4 N–H and O–H groups in total. The molecule has 0 saturated heterocycles. The van der Waals surface area contributed by atoms with E-state index >= 15 is 0 Å². The largest absolute Gasteiger partial charge is 0.461 e. The molecular weight excluding hydrogens is 228 g/mol. The van der Waals surface area contributed by atoms with Gasteiger partial charge in [-0.05, 0) is 24.6 Å². The Labute approximate surface area is 106 Å². The first-order valence-corrected chi connectivity index (χ1v) is 5.77. The number of primary amides is 1. The van der Waals surface area contributed by atoms with Crippen molar-refractivity contribution in [1.29, 1.82) is 0 Å². The van der Waals surface area contributed by atoms with Gasteiger partial charge in [0.15, 0.2) is 0 Å². The van der Waals surface area contributed by atoms with Crippen LogP contribution in [0.4, 0.5) is 0 Å². The average molecular weight is 244 g/mol. The van der Waals surface area contributed by atoms with Crippen LogP contribution in [0.3, 0.4) is 0 Å². The van der Waals surface area contributed by atoms with E-state index in [2.05, 4.69) is 0 Å². The summed E-state index contributed by atoms with van der Waals surface area (Å²) in [5.41, 5.74) is 12.9. The molecule has 1 aromatic heterocycles. The van der Waals surface area contributed by atoms with Gasteiger partial charge in [0.05, 0.1) is 0 Å². The van der Waals surface area contributed by atoms with Gasteiger partial charge in [-0.2, -0.15) is 0 Å². The summed E-state index contributed by atoms with van der Waals surface area (Å²) >= 11 is 0. The number of carbonyl (C=O) groups is 1. The number of rotatable bonds is 4. The maximum absolute atomic E-state index is 10.8. The first-order chi connectivity index (χ1) is 8.56. The lowest BCUT2D eigenvalue weighted by Crippen LogP contribution is -2.20. The third-order valence-electron chi connectivity index (χ3n) is 2.78. The predicted molar refractivity (Wildman–Crippen MR) is 69.6 cm³/mol. The number of furan rings is 1. The van der Waals surface area contributed by atoms with Crippen LogP contribution < -0.4 is 11.5 Å². The maximum Gasteiger partial charge on any atom is 0.219 e. The van der Waals surface area contributed by atoms with Gasteiger partial charge in [-0.25, -0.2) is 0 Å². The van der Waals surface area contributed by atoms with Crippen LogP contribution in [0.1, 0.15) is 23.8 Å². The maximum atomic E-state index is 10.8. The van der Waals surface area contributed by atoms with Gasteiger partial charge < -0.3 is 15.9 Å². The van der Waals surface area contributed by atoms with Crippen LogP contribution in [0, 0.1) is 6.92 Å². The quantitative estimate of drug-likeness (QED) is 0.864. The second kappa shape index (κ2) is 5.06. The summed E-state index contributed by atoms with van der Waals surface area (Å²) in [6.45, 7) is 1.90. The molecule has 94 valence electrons. The minimum atomic E-state index is -0.395. The molecule has 18 heavy (non-hydrogen) atoms. The Balaban J connectivity index is 2.17. The molecule has 0 aliphatic carbocycles. The van der Waals surface area contributed by atoms with Crippen LogP contribution in [0.15, 0.2) is 40.8 Å². The number of carbonyl (C=O) groups excluding carboxylic acids is 1. The number of hydrogen-bond acceptors (Lipinski definition) is 3. The van der Waals surface area contributed by atoms with Crippen molar-refractivity contribution in [3.63, 3.8) is 0 Å². The summed E-state index contributed by atoms with van der Waals surface area (Å²) < 4.78 is 5.53. The molecule has 0 spiro atoms. The minimum Gasteiger partial charge on any atom is -0.461 e. The lowest BCUT2D eigenvalue weighted by atomic mass is 10.0. The van der Waals surface area contributed by atoms with E-state index in [-0.39, 0.29) is 12.5 Å². The van der Waals surface area contributed by atoms with Crippen LogP contribution in [0.5, 0.6) is 0 Å². The molecule has 4 nitrogen and oxygen atoms in total. The number of amides is 1.